The molecule has 0 spiro atoms. The summed E-state index contributed by atoms with van der Waals surface area (Å²) in [6, 6.07) is 11.2. The highest BCUT2D eigenvalue weighted by atomic mass is 16.5. The summed E-state index contributed by atoms with van der Waals surface area (Å²) in [5, 5.41) is 8.38. The van der Waals surface area contributed by atoms with Crippen molar-refractivity contribution in [2.45, 2.75) is 45.3 Å². The molecule has 0 bridgehead atoms. The van der Waals surface area contributed by atoms with Gasteiger partial charge in [0.25, 0.3) is 0 Å². The summed E-state index contributed by atoms with van der Waals surface area (Å²) in [4.78, 5) is 0. The van der Waals surface area contributed by atoms with E-state index in [0.29, 0.717) is 6.04 Å². The summed E-state index contributed by atoms with van der Waals surface area (Å²) in [6.45, 7) is 4.79. The number of hydrogen-bond donors (Lipinski definition) is 1. The van der Waals surface area contributed by atoms with Gasteiger partial charge in [0, 0.05) is 31.6 Å². The molecule has 1 aliphatic carbocycles. The van der Waals surface area contributed by atoms with Crippen molar-refractivity contribution in [1.29, 1.82) is 0 Å². The fraction of sp³-hybridized carbons (Fsp3) is 0.500. The third-order valence-electron chi connectivity index (χ3n) is 4.68. The number of hydrogen-bond acceptors (Lipinski definition) is 3. The molecule has 1 N–H and O–H groups in total. The van der Waals surface area contributed by atoms with Gasteiger partial charge in [-0.05, 0) is 36.8 Å². The number of fused-ring (bicyclic) bond motifs is 1. The van der Waals surface area contributed by atoms with E-state index in [-0.39, 0.29) is 0 Å². The second kappa shape index (κ2) is 5.76. The summed E-state index contributed by atoms with van der Waals surface area (Å²) in [6.07, 6.45) is 3.71. The zero-order valence-electron chi connectivity index (χ0n) is 13.1. The molecule has 1 atom stereocenters. The third-order valence-corrected chi connectivity index (χ3v) is 4.68. The Bertz CT molecular complexity index is 637. The number of aromatic nitrogens is 2. The van der Waals surface area contributed by atoms with Crippen molar-refractivity contribution in [3.63, 3.8) is 0 Å². The molecular formula is C18H23N3O. The van der Waals surface area contributed by atoms with Crippen molar-refractivity contribution in [1.82, 2.24) is 15.1 Å². The average Bonchev–Trinajstić information content (AvgIpc) is 3.28. The normalized spacial score (nSPS) is 18.6. The fourth-order valence-corrected chi connectivity index (χ4v) is 3.31. The molecule has 0 radical (unpaired) electrons. The van der Waals surface area contributed by atoms with Gasteiger partial charge >= 0.3 is 0 Å². The monoisotopic (exact) mass is 297 g/mol. The number of nitrogens with one attached hydrogen (secondary N) is 1. The molecule has 0 amide bonds. The molecule has 116 valence electrons. The molecule has 1 aromatic carbocycles. The average molecular weight is 297 g/mol. The number of ether oxygens (including phenoxy) is 1. The predicted molar refractivity (Wildman–Crippen MR) is 85.8 cm³/mol. The Hall–Kier alpha value is -1.81. The molecule has 2 heterocycles. The lowest BCUT2D eigenvalue weighted by atomic mass is 9.97. The lowest BCUT2D eigenvalue weighted by Gasteiger charge is -2.20. The Morgan fingerprint density at radius 1 is 1.36 bits per heavy atom. The standard InChI is InChI=1S/C18H23N3O/c1-13-5-2-3-6-16(13)18(14-7-8-14)19-12-15-11-17-21(20-15)9-4-10-22-17/h2-3,5-6,11,14,18-19H,4,7-10,12H2,1H3. The SMILES string of the molecule is Cc1ccccc1C(NCc1cc2n(n1)CCCO2)C1CC1. The second-order valence-electron chi connectivity index (χ2n) is 6.45. The van der Waals surface area contributed by atoms with Crippen LogP contribution in [0.4, 0.5) is 0 Å². The van der Waals surface area contributed by atoms with Crippen LogP contribution in [0.2, 0.25) is 0 Å². The Kier molecular flexibility index (Phi) is 3.62. The number of nitrogens with zero attached hydrogens (tertiary/aromatic N) is 2. The smallest absolute Gasteiger partial charge is 0.212 e. The molecule has 1 aromatic heterocycles. The summed E-state index contributed by atoms with van der Waals surface area (Å²) in [7, 11) is 0. The molecule has 4 rings (SSSR count). The maximum Gasteiger partial charge on any atom is 0.212 e. The minimum Gasteiger partial charge on any atom is -0.478 e. The van der Waals surface area contributed by atoms with E-state index in [1.807, 2.05) is 4.68 Å². The first-order valence-corrected chi connectivity index (χ1v) is 8.30. The van der Waals surface area contributed by atoms with Crippen molar-refractivity contribution in [2.75, 3.05) is 6.61 Å². The van der Waals surface area contributed by atoms with Crippen LogP contribution in [-0.4, -0.2) is 16.4 Å². The Balaban J connectivity index is 1.49. The van der Waals surface area contributed by atoms with E-state index in [4.69, 9.17) is 4.74 Å². The van der Waals surface area contributed by atoms with Gasteiger partial charge in [-0.25, -0.2) is 4.68 Å². The largest absolute Gasteiger partial charge is 0.478 e. The molecule has 1 fully saturated rings. The lowest BCUT2D eigenvalue weighted by Crippen LogP contribution is -2.23. The zero-order chi connectivity index (χ0) is 14.9. The van der Waals surface area contributed by atoms with Crippen LogP contribution < -0.4 is 10.1 Å². The highest BCUT2D eigenvalue weighted by Crippen LogP contribution is 2.42. The van der Waals surface area contributed by atoms with Crippen LogP contribution in [0.5, 0.6) is 5.88 Å². The highest BCUT2D eigenvalue weighted by Gasteiger charge is 2.32. The molecule has 4 nitrogen and oxygen atoms in total. The molecule has 1 saturated carbocycles. The van der Waals surface area contributed by atoms with Gasteiger partial charge in [0.15, 0.2) is 0 Å². The molecule has 22 heavy (non-hydrogen) atoms. The van der Waals surface area contributed by atoms with E-state index in [1.54, 1.807) is 0 Å². The van der Waals surface area contributed by atoms with E-state index >= 15 is 0 Å². The molecule has 1 unspecified atom stereocenters. The van der Waals surface area contributed by atoms with Gasteiger partial charge in [0.2, 0.25) is 5.88 Å². The van der Waals surface area contributed by atoms with E-state index in [9.17, 15) is 0 Å². The number of rotatable bonds is 5. The van der Waals surface area contributed by atoms with Crippen molar-refractivity contribution in [2.24, 2.45) is 5.92 Å². The number of aryl methyl sites for hydroxylation is 2. The summed E-state index contributed by atoms with van der Waals surface area (Å²) in [5.41, 5.74) is 3.89. The molecule has 4 heteroatoms. The van der Waals surface area contributed by atoms with Crippen LogP contribution in [-0.2, 0) is 13.1 Å². The topological polar surface area (TPSA) is 39.1 Å². The highest BCUT2D eigenvalue weighted by molar-refractivity contribution is 5.30. The Labute approximate surface area is 131 Å². The van der Waals surface area contributed by atoms with Crippen molar-refractivity contribution < 1.29 is 4.74 Å². The van der Waals surface area contributed by atoms with Gasteiger partial charge in [0.05, 0.1) is 12.3 Å². The molecule has 2 aliphatic rings. The maximum atomic E-state index is 5.65. The second-order valence-corrected chi connectivity index (χ2v) is 6.45. The van der Waals surface area contributed by atoms with Gasteiger partial charge in [-0.3, -0.25) is 0 Å². The van der Waals surface area contributed by atoms with Crippen LogP contribution >= 0.6 is 0 Å². The van der Waals surface area contributed by atoms with Gasteiger partial charge in [0.1, 0.15) is 0 Å². The van der Waals surface area contributed by atoms with Gasteiger partial charge in [-0.15, -0.1) is 0 Å². The minimum atomic E-state index is 0.445. The zero-order valence-corrected chi connectivity index (χ0v) is 13.1. The van der Waals surface area contributed by atoms with E-state index in [1.165, 1.54) is 24.0 Å². The quantitative estimate of drug-likeness (QED) is 0.921. The van der Waals surface area contributed by atoms with Crippen LogP contribution in [0.1, 0.15) is 42.1 Å². The van der Waals surface area contributed by atoms with E-state index < -0.39 is 0 Å². The van der Waals surface area contributed by atoms with Crippen molar-refractivity contribution >= 4 is 0 Å². The van der Waals surface area contributed by atoms with Crippen LogP contribution in [0.25, 0.3) is 0 Å². The fourth-order valence-electron chi connectivity index (χ4n) is 3.31. The van der Waals surface area contributed by atoms with Crippen molar-refractivity contribution in [3.05, 3.63) is 47.2 Å². The third kappa shape index (κ3) is 2.75. The van der Waals surface area contributed by atoms with Crippen LogP contribution in [0.15, 0.2) is 30.3 Å². The van der Waals surface area contributed by atoms with Gasteiger partial charge in [-0.2, -0.15) is 5.10 Å². The predicted octanol–water partition coefficient (Wildman–Crippen LogP) is 3.21. The summed E-state index contributed by atoms with van der Waals surface area (Å²) in [5.74, 6) is 1.69. The van der Waals surface area contributed by atoms with Gasteiger partial charge < -0.3 is 10.1 Å². The van der Waals surface area contributed by atoms with Gasteiger partial charge in [-0.1, -0.05) is 24.3 Å². The lowest BCUT2D eigenvalue weighted by molar-refractivity contribution is 0.230. The Morgan fingerprint density at radius 3 is 3.00 bits per heavy atom. The first-order chi connectivity index (χ1) is 10.8. The Morgan fingerprint density at radius 2 is 2.23 bits per heavy atom. The number of benzene rings is 1. The summed E-state index contributed by atoms with van der Waals surface area (Å²) < 4.78 is 7.63. The van der Waals surface area contributed by atoms with Crippen LogP contribution in [0, 0.1) is 12.8 Å². The van der Waals surface area contributed by atoms with E-state index in [2.05, 4.69) is 47.7 Å². The first kappa shape index (κ1) is 13.8. The van der Waals surface area contributed by atoms with E-state index in [0.717, 1.165) is 43.6 Å². The first-order valence-electron chi connectivity index (χ1n) is 8.30. The van der Waals surface area contributed by atoms with Crippen LogP contribution in [0.3, 0.4) is 0 Å². The minimum absolute atomic E-state index is 0.445. The summed E-state index contributed by atoms with van der Waals surface area (Å²) >= 11 is 0. The molecule has 1 aliphatic heterocycles. The van der Waals surface area contributed by atoms with Crippen molar-refractivity contribution in [3.8, 4) is 5.88 Å². The molecule has 2 aromatic rings. The molecule has 0 saturated heterocycles. The maximum absolute atomic E-state index is 5.65. The molecular weight excluding hydrogens is 274 g/mol.